The molecule has 0 aliphatic carbocycles. The maximum Gasteiger partial charge on any atom is 0.167 e. The van der Waals surface area contributed by atoms with Crippen molar-refractivity contribution in [2.24, 2.45) is 0 Å². The fourth-order valence-corrected chi connectivity index (χ4v) is 3.72. The number of aromatic nitrogens is 3. The number of hydrogen-bond donors (Lipinski definition) is 0. The average Bonchev–Trinajstić information content (AvgIpc) is 2.87. The summed E-state index contributed by atoms with van der Waals surface area (Å²) in [7, 11) is 0. The highest BCUT2D eigenvalue weighted by Gasteiger charge is 2.11. The zero-order valence-corrected chi connectivity index (χ0v) is 19.1. The van der Waals surface area contributed by atoms with E-state index in [1.165, 1.54) is 6.08 Å². The molecule has 176 valence electrons. The molecular weight excluding hydrogens is 434 g/mol. The molecule has 0 spiro atoms. The SMILES string of the molecule is C.C=CC(=O)Cc1ccc(C(=O)Cc2ccc(C)c(Cc3nccc(-c4cccnc4)n3)c2)cc1. The first kappa shape index (κ1) is 25.4. The van der Waals surface area contributed by atoms with Gasteiger partial charge in [0.2, 0.25) is 0 Å². The number of allylic oxidation sites excluding steroid dienone is 1. The second-order valence-electron chi connectivity index (χ2n) is 8.18. The largest absolute Gasteiger partial charge is 0.295 e. The number of Topliss-reactive ketones (excluding diaryl/α,β-unsaturated/α-hetero) is 1. The molecule has 2 heterocycles. The van der Waals surface area contributed by atoms with Crippen molar-refractivity contribution >= 4 is 11.6 Å². The van der Waals surface area contributed by atoms with Gasteiger partial charge >= 0.3 is 0 Å². The average molecular weight is 464 g/mol. The van der Waals surface area contributed by atoms with Crippen LogP contribution >= 0.6 is 0 Å². The molecule has 0 unspecified atom stereocenters. The van der Waals surface area contributed by atoms with E-state index >= 15 is 0 Å². The molecule has 4 rings (SSSR count). The fourth-order valence-electron chi connectivity index (χ4n) is 3.72. The molecule has 0 saturated heterocycles. The molecule has 0 aliphatic heterocycles. The first-order valence-corrected chi connectivity index (χ1v) is 11.1. The van der Waals surface area contributed by atoms with Crippen LogP contribution in [-0.2, 0) is 24.1 Å². The topological polar surface area (TPSA) is 72.8 Å². The predicted octanol–water partition coefficient (Wildman–Crippen LogP) is 5.80. The lowest BCUT2D eigenvalue weighted by molar-refractivity contribution is -0.114. The molecule has 0 atom stereocenters. The number of pyridine rings is 1. The number of ketones is 2. The molecule has 4 aromatic rings. The summed E-state index contributed by atoms with van der Waals surface area (Å²) in [4.78, 5) is 37.7. The standard InChI is InChI=1S/C29H25N3O2.CH4/c1-3-26(33)16-21-8-10-23(11-9-21)28(34)17-22-7-6-20(2)25(15-22)18-29-31-14-12-27(32-29)24-5-4-13-30-19-24;/h3-15,19H,1,16-18H2,2H3;1H4. The molecule has 2 aromatic carbocycles. The normalized spacial score (nSPS) is 10.3. The molecule has 0 bridgehead atoms. The molecule has 35 heavy (non-hydrogen) atoms. The van der Waals surface area contributed by atoms with Gasteiger partial charge in [0.05, 0.1) is 5.69 Å². The van der Waals surface area contributed by atoms with Gasteiger partial charge in [0.1, 0.15) is 5.82 Å². The fraction of sp³-hybridized carbons (Fsp3) is 0.167. The second-order valence-corrected chi connectivity index (χ2v) is 8.18. The van der Waals surface area contributed by atoms with E-state index in [9.17, 15) is 9.59 Å². The van der Waals surface area contributed by atoms with Crippen molar-refractivity contribution in [2.75, 3.05) is 0 Å². The minimum Gasteiger partial charge on any atom is -0.295 e. The van der Waals surface area contributed by atoms with Gasteiger partial charge in [0.25, 0.3) is 0 Å². The van der Waals surface area contributed by atoms with E-state index in [0.717, 1.165) is 39.3 Å². The summed E-state index contributed by atoms with van der Waals surface area (Å²) in [5.41, 5.74) is 6.44. The third-order valence-electron chi connectivity index (χ3n) is 5.67. The van der Waals surface area contributed by atoms with E-state index in [4.69, 9.17) is 4.98 Å². The zero-order chi connectivity index (χ0) is 23.9. The minimum absolute atomic E-state index is 0. The van der Waals surface area contributed by atoms with Gasteiger partial charge < -0.3 is 0 Å². The van der Waals surface area contributed by atoms with Gasteiger partial charge in [0.15, 0.2) is 11.6 Å². The third kappa shape index (κ3) is 6.64. The molecule has 5 nitrogen and oxygen atoms in total. The number of carbonyl (C=O) groups excluding carboxylic acids is 2. The van der Waals surface area contributed by atoms with Crippen LogP contribution in [0.2, 0.25) is 0 Å². The summed E-state index contributed by atoms with van der Waals surface area (Å²) >= 11 is 0. The van der Waals surface area contributed by atoms with Crippen LogP contribution in [0.1, 0.15) is 45.9 Å². The van der Waals surface area contributed by atoms with E-state index in [1.807, 2.05) is 42.5 Å². The van der Waals surface area contributed by atoms with Crippen LogP contribution in [0.5, 0.6) is 0 Å². The Bertz CT molecular complexity index is 1330. The number of benzene rings is 2. The molecule has 0 saturated carbocycles. The minimum atomic E-state index is -0.0405. The number of hydrogen-bond acceptors (Lipinski definition) is 5. The number of rotatable bonds is 9. The van der Waals surface area contributed by atoms with Crippen LogP contribution in [0.3, 0.4) is 0 Å². The van der Waals surface area contributed by atoms with Gasteiger partial charge in [-0.05, 0) is 53.5 Å². The Morgan fingerprint density at radius 1 is 0.943 bits per heavy atom. The first-order valence-electron chi connectivity index (χ1n) is 11.1. The van der Waals surface area contributed by atoms with Crippen molar-refractivity contribution in [3.63, 3.8) is 0 Å². The summed E-state index contributed by atoms with van der Waals surface area (Å²) in [6, 6.07) is 19.0. The van der Waals surface area contributed by atoms with Gasteiger partial charge in [-0.15, -0.1) is 0 Å². The molecular formula is C30H29N3O2. The Kier molecular flexibility index (Phi) is 8.52. The van der Waals surface area contributed by atoms with E-state index in [0.29, 0.717) is 24.8 Å². The molecule has 0 amide bonds. The second kappa shape index (κ2) is 11.7. The molecule has 2 aromatic heterocycles. The predicted molar refractivity (Wildman–Crippen MR) is 139 cm³/mol. The highest BCUT2D eigenvalue weighted by atomic mass is 16.1. The van der Waals surface area contributed by atoms with Gasteiger partial charge in [-0.3, -0.25) is 14.6 Å². The molecule has 0 aliphatic rings. The number of nitrogens with zero attached hydrogens (tertiary/aromatic N) is 3. The Morgan fingerprint density at radius 3 is 2.43 bits per heavy atom. The van der Waals surface area contributed by atoms with E-state index < -0.39 is 0 Å². The zero-order valence-electron chi connectivity index (χ0n) is 19.1. The Balaban J connectivity index is 0.00000342. The molecule has 5 heteroatoms. The van der Waals surface area contributed by atoms with Crippen molar-refractivity contribution in [3.8, 4) is 11.3 Å². The Hall–Kier alpha value is -4.25. The van der Waals surface area contributed by atoms with Gasteiger partial charge in [-0.25, -0.2) is 9.97 Å². The van der Waals surface area contributed by atoms with Crippen molar-refractivity contribution < 1.29 is 9.59 Å². The van der Waals surface area contributed by atoms with E-state index in [1.54, 1.807) is 30.7 Å². The van der Waals surface area contributed by atoms with Crippen molar-refractivity contribution in [3.05, 3.63) is 126 Å². The van der Waals surface area contributed by atoms with Crippen LogP contribution in [0, 0.1) is 6.92 Å². The first-order chi connectivity index (χ1) is 16.5. The Morgan fingerprint density at radius 2 is 1.71 bits per heavy atom. The van der Waals surface area contributed by atoms with E-state index in [-0.39, 0.29) is 19.0 Å². The third-order valence-corrected chi connectivity index (χ3v) is 5.67. The quantitative estimate of drug-likeness (QED) is 0.232. The molecule has 0 fully saturated rings. The number of aryl methyl sites for hydroxylation is 1. The number of carbonyl (C=O) groups is 2. The molecule has 0 radical (unpaired) electrons. The van der Waals surface area contributed by atoms with Crippen molar-refractivity contribution in [2.45, 2.75) is 33.6 Å². The van der Waals surface area contributed by atoms with Crippen LogP contribution < -0.4 is 0 Å². The van der Waals surface area contributed by atoms with Gasteiger partial charge in [-0.1, -0.05) is 56.5 Å². The monoisotopic (exact) mass is 463 g/mol. The summed E-state index contributed by atoms with van der Waals surface area (Å²) in [5, 5.41) is 0. The maximum atomic E-state index is 12.8. The molecule has 0 N–H and O–H groups in total. The van der Waals surface area contributed by atoms with Crippen LogP contribution in [0.4, 0.5) is 0 Å². The summed E-state index contributed by atoms with van der Waals surface area (Å²) < 4.78 is 0. The van der Waals surface area contributed by atoms with Gasteiger partial charge in [0, 0.05) is 49.0 Å². The summed E-state index contributed by atoms with van der Waals surface area (Å²) in [5.74, 6) is 0.713. The lowest BCUT2D eigenvalue weighted by Gasteiger charge is -2.10. The van der Waals surface area contributed by atoms with E-state index in [2.05, 4.69) is 29.5 Å². The highest BCUT2D eigenvalue weighted by molar-refractivity contribution is 5.97. The van der Waals surface area contributed by atoms with Crippen molar-refractivity contribution in [1.82, 2.24) is 15.0 Å². The lowest BCUT2D eigenvalue weighted by Crippen LogP contribution is -2.06. The van der Waals surface area contributed by atoms with Crippen molar-refractivity contribution in [1.29, 1.82) is 0 Å². The lowest BCUT2D eigenvalue weighted by atomic mass is 9.96. The highest BCUT2D eigenvalue weighted by Crippen LogP contribution is 2.19. The van der Waals surface area contributed by atoms with Crippen LogP contribution in [-0.4, -0.2) is 26.5 Å². The summed E-state index contributed by atoms with van der Waals surface area (Å²) in [6.45, 7) is 5.54. The van der Waals surface area contributed by atoms with Crippen LogP contribution in [0.15, 0.2) is 91.9 Å². The Labute approximate surface area is 206 Å². The smallest absolute Gasteiger partial charge is 0.167 e. The summed E-state index contributed by atoms with van der Waals surface area (Å²) in [6.07, 6.45) is 7.77. The van der Waals surface area contributed by atoms with Crippen LogP contribution in [0.25, 0.3) is 11.3 Å². The van der Waals surface area contributed by atoms with Gasteiger partial charge in [-0.2, -0.15) is 0 Å². The maximum absolute atomic E-state index is 12.8.